The van der Waals surface area contributed by atoms with E-state index in [0.29, 0.717) is 12.1 Å². The van der Waals surface area contributed by atoms with E-state index in [2.05, 4.69) is 87.1 Å². The van der Waals surface area contributed by atoms with Crippen LogP contribution in [-0.2, 0) is 19.5 Å². The highest BCUT2D eigenvalue weighted by Gasteiger charge is 2.28. The van der Waals surface area contributed by atoms with Gasteiger partial charge < -0.3 is 9.47 Å². The smallest absolute Gasteiger partial charge is 0.124 e. The average molecular weight is 516 g/mol. The van der Waals surface area contributed by atoms with Crippen LogP contribution in [0.1, 0.15) is 60.5 Å². The summed E-state index contributed by atoms with van der Waals surface area (Å²) in [4.78, 5) is 2.68. The lowest BCUT2D eigenvalue weighted by Crippen LogP contribution is -2.39. The van der Waals surface area contributed by atoms with Crippen LogP contribution in [0.2, 0.25) is 0 Å². The number of benzene rings is 2. The molecule has 1 atom stereocenters. The van der Waals surface area contributed by atoms with Crippen LogP contribution in [0.3, 0.4) is 0 Å². The van der Waals surface area contributed by atoms with Gasteiger partial charge in [-0.2, -0.15) is 22.7 Å². The number of thiophene rings is 2. The van der Waals surface area contributed by atoms with Gasteiger partial charge in [0.25, 0.3) is 0 Å². The van der Waals surface area contributed by atoms with E-state index < -0.39 is 0 Å². The van der Waals surface area contributed by atoms with Gasteiger partial charge in [-0.3, -0.25) is 4.90 Å². The molecule has 1 aliphatic heterocycles. The van der Waals surface area contributed by atoms with E-state index in [-0.39, 0.29) is 6.10 Å². The minimum absolute atomic E-state index is 0.145. The van der Waals surface area contributed by atoms with Gasteiger partial charge in [0.15, 0.2) is 0 Å². The third-order valence-corrected chi connectivity index (χ3v) is 9.01. The summed E-state index contributed by atoms with van der Waals surface area (Å²) in [6, 6.07) is 22.1. The van der Waals surface area contributed by atoms with E-state index in [1.165, 1.54) is 35.1 Å². The van der Waals surface area contributed by atoms with Gasteiger partial charge in [-0.05, 0) is 113 Å². The number of nitrogens with zero attached hydrogens (tertiary/aromatic N) is 1. The van der Waals surface area contributed by atoms with Gasteiger partial charge in [0.05, 0.1) is 6.10 Å². The van der Waals surface area contributed by atoms with Crippen molar-refractivity contribution in [1.82, 2.24) is 4.90 Å². The summed E-state index contributed by atoms with van der Waals surface area (Å²) in [5, 5.41) is 8.96. The second-order valence-corrected chi connectivity index (χ2v) is 11.6. The summed E-state index contributed by atoms with van der Waals surface area (Å²) in [6.07, 6.45) is 7.07. The van der Waals surface area contributed by atoms with E-state index in [1.807, 2.05) is 0 Å². The fourth-order valence-corrected chi connectivity index (χ4v) is 6.93. The van der Waals surface area contributed by atoms with Gasteiger partial charge in [-0.25, -0.2) is 0 Å². The molecule has 1 saturated carbocycles. The highest BCUT2D eigenvalue weighted by molar-refractivity contribution is 7.08. The van der Waals surface area contributed by atoms with Crippen molar-refractivity contribution in [3.8, 4) is 11.5 Å². The van der Waals surface area contributed by atoms with Crippen molar-refractivity contribution < 1.29 is 9.47 Å². The summed E-state index contributed by atoms with van der Waals surface area (Å²) in [5.74, 6) is 2.00. The minimum atomic E-state index is 0.145. The molecule has 0 bridgehead atoms. The first-order chi connectivity index (χ1) is 17.8. The Bertz CT molecular complexity index is 1180. The largest absolute Gasteiger partial charge is 0.490 e. The molecule has 2 aliphatic rings. The van der Waals surface area contributed by atoms with E-state index >= 15 is 0 Å². The summed E-state index contributed by atoms with van der Waals surface area (Å²) in [7, 11) is 0. The van der Waals surface area contributed by atoms with Crippen LogP contribution < -0.4 is 9.47 Å². The topological polar surface area (TPSA) is 21.7 Å². The van der Waals surface area contributed by atoms with Crippen molar-refractivity contribution >= 4 is 22.7 Å². The van der Waals surface area contributed by atoms with Gasteiger partial charge in [0.2, 0.25) is 0 Å². The molecule has 36 heavy (non-hydrogen) atoms. The van der Waals surface area contributed by atoms with Gasteiger partial charge >= 0.3 is 0 Å². The molecular weight excluding hydrogens is 482 g/mol. The highest BCUT2D eigenvalue weighted by Crippen LogP contribution is 2.37. The lowest BCUT2D eigenvalue weighted by Gasteiger charge is -2.37. The lowest BCUT2D eigenvalue weighted by atomic mass is 9.91. The molecule has 0 N–H and O–H groups in total. The Labute approximate surface area is 222 Å². The molecule has 1 unspecified atom stereocenters. The molecule has 5 heteroatoms. The van der Waals surface area contributed by atoms with Crippen molar-refractivity contribution in [2.45, 2.75) is 69.9 Å². The first-order valence-electron chi connectivity index (χ1n) is 13.1. The molecule has 2 aromatic carbocycles. The molecule has 0 saturated heterocycles. The predicted octanol–water partition coefficient (Wildman–Crippen LogP) is 8.27. The van der Waals surface area contributed by atoms with Crippen LogP contribution in [0.5, 0.6) is 11.5 Å². The number of fused-ring (bicyclic) bond motifs is 1. The van der Waals surface area contributed by atoms with Crippen LogP contribution in [0.25, 0.3) is 0 Å². The maximum atomic E-state index is 6.50. The first kappa shape index (κ1) is 23.8. The molecule has 2 aromatic heterocycles. The zero-order chi connectivity index (χ0) is 24.2. The summed E-state index contributed by atoms with van der Waals surface area (Å²) >= 11 is 3.59. The number of aryl methyl sites for hydroxylation is 1. The van der Waals surface area contributed by atoms with Crippen LogP contribution in [-0.4, -0.2) is 17.0 Å². The standard InChI is InChI=1S/C31H33NO2S2/c1-2-4-25(5-3-1)30-12-6-26-18-29(11-13-31(26)34-30)33-28-9-7-27(8-10-28)32(19-23-14-16-35-21-23)20-24-15-17-36-22-24/h1-5,11,13-18,21-22,27-28,30H,6-10,12,19-20H2. The van der Waals surface area contributed by atoms with E-state index in [9.17, 15) is 0 Å². The quantitative estimate of drug-likeness (QED) is 0.236. The molecule has 0 spiro atoms. The predicted molar refractivity (Wildman–Crippen MR) is 149 cm³/mol. The van der Waals surface area contributed by atoms with Crippen molar-refractivity contribution in [2.75, 3.05) is 0 Å². The van der Waals surface area contributed by atoms with Crippen molar-refractivity contribution in [2.24, 2.45) is 0 Å². The molecule has 1 fully saturated rings. The Morgan fingerprint density at radius 3 is 2.19 bits per heavy atom. The Morgan fingerprint density at radius 1 is 0.806 bits per heavy atom. The van der Waals surface area contributed by atoms with Crippen molar-refractivity contribution in [1.29, 1.82) is 0 Å². The molecule has 0 amide bonds. The second kappa shape index (κ2) is 11.2. The SMILES string of the molecule is c1ccc(C2CCc3cc(OC4CCC(N(Cc5ccsc5)Cc5ccsc5)CC4)ccc3O2)cc1. The zero-order valence-electron chi connectivity index (χ0n) is 20.6. The van der Waals surface area contributed by atoms with Crippen molar-refractivity contribution in [3.63, 3.8) is 0 Å². The number of hydrogen-bond acceptors (Lipinski definition) is 5. The second-order valence-electron chi connectivity index (χ2n) is 10.0. The van der Waals surface area contributed by atoms with Gasteiger partial charge in [-0.1, -0.05) is 30.3 Å². The molecular formula is C31H33NO2S2. The van der Waals surface area contributed by atoms with Crippen LogP contribution in [0.15, 0.2) is 82.2 Å². The maximum Gasteiger partial charge on any atom is 0.124 e. The van der Waals surface area contributed by atoms with Gasteiger partial charge in [0, 0.05) is 19.1 Å². The third-order valence-electron chi connectivity index (χ3n) is 7.54. The van der Waals surface area contributed by atoms with Gasteiger partial charge in [-0.15, -0.1) is 0 Å². The van der Waals surface area contributed by atoms with Crippen LogP contribution in [0, 0.1) is 0 Å². The van der Waals surface area contributed by atoms with E-state index in [4.69, 9.17) is 9.47 Å². The molecule has 4 aromatic rings. The van der Waals surface area contributed by atoms with Gasteiger partial charge in [0.1, 0.15) is 17.6 Å². The normalized spacial score (nSPS) is 21.6. The molecule has 186 valence electrons. The number of ether oxygens (including phenoxy) is 2. The van der Waals surface area contributed by atoms with Crippen LogP contribution in [0.4, 0.5) is 0 Å². The Kier molecular flexibility index (Phi) is 7.40. The maximum absolute atomic E-state index is 6.50. The minimum Gasteiger partial charge on any atom is -0.490 e. The summed E-state index contributed by atoms with van der Waals surface area (Å²) in [5.41, 5.74) is 5.39. The molecule has 0 radical (unpaired) electrons. The number of rotatable bonds is 8. The summed E-state index contributed by atoms with van der Waals surface area (Å²) in [6.45, 7) is 2.06. The van der Waals surface area contributed by atoms with Crippen molar-refractivity contribution in [3.05, 3.63) is 104 Å². The monoisotopic (exact) mass is 515 g/mol. The highest BCUT2D eigenvalue weighted by atomic mass is 32.1. The molecule has 3 heterocycles. The fourth-order valence-electron chi connectivity index (χ4n) is 5.61. The Hall–Kier alpha value is -2.60. The molecule has 6 rings (SSSR count). The fraction of sp³-hybridized carbons (Fsp3) is 0.355. The Balaban J connectivity index is 1.05. The van der Waals surface area contributed by atoms with Crippen LogP contribution >= 0.6 is 22.7 Å². The van der Waals surface area contributed by atoms with E-state index in [0.717, 1.165) is 50.3 Å². The molecule has 3 nitrogen and oxygen atoms in total. The average Bonchev–Trinajstić information content (AvgIpc) is 3.64. The van der Waals surface area contributed by atoms with E-state index in [1.54, 1.807) is 22.7 Å². The molecule has 1 aliphatic carbocycles. The first-order valence-corrected chi connectivity index (χ1v) is 15.0. The lowest BCUT2D eigenvalue weighted by molar-refractivity contribution is 0.0793. The number of hydrogen-bond donors (Lipinski definition) is 0. The zero-order valence-corrected chi connectivity index (χ0v) is 22.2. The summed E-state index contributed by atoms with van der Waals surface area (Å²) < 4.78 is 12.8. The Morgan fingerprint density at radius 2 is 1.53 bits per heavy atom. The third kappa shape index (κ3) is 5.69.